The van der Waals surface area contributed by atoms with E-state index in [1.165, 1.54) is 25.0 Å². The lowest BCUT2D eigenvalue weighted by Crippen LogP contribution is -2.47. The molecule has 1 N–H and O–H groups in total. The summed E-state index contributed by atoms with van der Waals surface area (Å²) >= 11 is 0. The van der Waals surface area contributed by atoms with Crippen LogP contribution in [-0.2, 0) is 17.8 Å². The van der Waals surface area contributed by atoms with Gasteiger partial charge in [0.2, 0.25) is 5.91 Å². The van der Waals surface area contributed by atoms with Gasteiger partial charge in [0, 0.05) is 64.5 Å². The zero-order chi connectivity index (χ0) is 26.6. The van der Waals surface area contributed by atoms with E-state index in [0.29, 0.717) is 13.1 Å². The second kappa shape index (κ2) is 11.9. The number of hydrogen-bond acceptors (Lipinski definition) is 7. The number of halogens is 1. The van der Waals surface area contributed by atoms with Gasteiger partial charge in [-0.05, 0) is 62.9 Å². The van der Waals surface area contributed by atoms with Crippen LogP contribution >= 0.6 is 0 Å². The highest BCUT2D eigenvalue weighted by molar-refractivity contribution is 5.85. The molecule has 0 radical (unpaired) electrons. The first kappa shape index (κ1) is 26.0. The Morgan fingerprint density at radius 1 is 0.949 bits per heavy atom. The van der Waals surface area contributed by atoms with Crippen molar-refractivity contribution in [2.24, 2.45) is 5.92 Å². The Morgan fingerprint density at radius 2 is 1.79 bits per heavy atom. The van der Waals surface area contributed by atoms with E-state index in [1.54, 1.807) is 6.33 Å². The van der Waals surface area contributed by atoms with Gasteiger partial charge >= 0.3 is 0 Å². The first-order valence-corrected chi connectivity index (χ1v) is 14.6. The van der Waals surface area contributed by atoms with Crippen molar-refractivity contribution in [3.05, 3.63) is 42.2 Å². The zero-order valence-corrected chi connectivity index (χ0v) is 22.7. The van der Waals surface area contributed by atoms with Crippen LogP contribution in [0.3, 0.4) is 0 Å². The summed E-state index contributed by atoms with van der Waals surface area (Å²) in [6, 6.07) is 6.75. The van der Waals surface area contributed by atoms with Crippen molar-refractivity contribution in [3.63, 3.8) is 0 Å². The number of carbonyl (C=O) groups is 1. The first-order chi connectivity index (χ1) is 19.2. The molecule has 1 amide bonds. The molecule has 3 aliphatic heterocycles. The second-order valence-electron chi connectivity index (χ2n) is 11.1. The average molecular weight is 535 g/mol. The number of piperazine rings is 1. The minimum absolute atomic E-state index is 0.0385. The fourth-order valence-corrected chi connectivity index (χ4v) is 6.28. The number of rotatable bonds is 7. The van der Waals surface area contributed by atoms with Crippen LogP contribution in [-0.4, -0.2) is 82.7 Å². The molecule has 5 heterocycles. The van der Waals surface area contributed by atoms with Crippen LogP contribution in [0, 0.1) is 11.7 Å². The van der Waals surface area contributed by atoms with Crippen molar-refractivity contribution in [2.45, 2.75) is 51.5 Å². The number of amides is 1. The van der Waals surface area contributed by atoms with E-state index >= 15 is 0 Å². The zero-order valence-electron chi connectivity index (χ0n) is 22.7. The van der Waals surface area contributed by atoms with E-state index in [2.05, 4.69) is 34.6 Å². The standard InChI is InChI=1S/C29H39FN8O/c30-23-8-10-24(11-9-23)36-18-16-35(17-19-36)13-5-12-31-29(39)22-6-4-14-37(20-22)27-26-28(33-21-32-27)38-15-3-1-2-7-25(38)34-26/h8-11,21-22H,1-7,12-20H2,(H,31,39)/t22-/m1/s1. The van der Waals surface area contributed by atoms with Crippen LogP contribution in [0.5, 0.6) is 0 Å². The molecule has 0 aliphatic carbocycles. The number of benzene rings is 1. The molecule has 0 bridgehead atoms. The number of piperidine rings is 1. The summed E-state index contributed by atoms with van der Waals surface area (Å²) in [6.45, 7) is 8.03. The molecular formula is C29H39FN8O. The summed E-state index contributed by atoms with van der Waals surface area (Å²) in [5, 5.41) is 3.20. The van der Waals surface area contributed by atoms with Crippen molar-refractivity contribution in [2.75, 3.05) is 62.2 Å². The maximum atomic E-state index is 13.2. The van der Waals surface area contributed by atoms with Gasteiger partial charge in [0.1, 0.15) is 18.0 Å². The minimum Gasteiger partial charge on any atom is -0.369 e. The Balaban J connectivity index is 0.975. The molecule has 2 fully saturated rings. The smallest absolute Gasteiger partial charge is 0.224 e. The minimum atomic E-state index is -0.196. The third kappa shape index (κ3) is 5.85. The Hall–Kier alpha value is -3.27. The van der Waals surface area contributed by atoms with Gasteiger partial charge in [-0.2, -0.15) is 0 Å². The molecule has 39 heavy (non-hydrogen) atoms. The van der Waals surface area contributed by atoms with Crippen molar-refractivity contribution < 1.29 is 9.18 Å². The van der Waals surface area contributed by atoms with Crippen LogP contribution in [0.1, 0.15) is 44.3 Å². The van der Waals surface area contributed by atoms with Gasteiger partial charge in [0.25, 0.3) is 0 Å². The van der Waals surface area contributed by atoms with Crippen molar-refractivity contribution in [3.8, 4) is 0 Å². The van der Waals surface area contributed by atoms with Crippen molar-refractivity contribution >= 4 is 28.6 Å². The van der Waals surface area contributed by atoms with E-state index in [1.807, 2.05) is 12.1 Å². The molecule has 2 aromatic heterocycles. The Morgan fingerprint density at radius 3 is 2.64 bits per heavy atom. The summed E-state index contributed by atoms with van der Waals surface area (Å²) in [5.74, 6) is 1.90. The number of carbonyl (C=O) groups excluding carboxylic acids is 1. The van der Waals surface area contributed by atoms with E-state index in [0.717, 1.165) is 106 Å². The number of nitrogens with zero attached hydrogens (tertiary/aromatic N) is 7. The van der Waals surface area contributed by atoms with E-state index in [9.17, 15) is 9.18 Å². The molecule has 6 rings (SSSR count). The normalized spacial score (nSPS) is 20.6. The first-order valence-electron chi connectivity index (χ1n) is 14.6. The second-order valence-corrected chi connectivity index (χ2v) is 11.1. The molecule has 2 saturated heterocycles. The Bertz CT molecular complexity index is 1270. The predicted molar refractivity (Wildman–Crippen MR) is 150 cm³/mol. The number of imidazole rings is 1. The SMILES string of the molecule is O=C(NCCCN1CCN(c2ccc(F)cc2)CC1)[C@@H]1CCCN(c2ncnc3c2nc2n3CCCCC2)C1. The van der Waals surface area contributed by atoms with Gasteiger partial charge in [-0.25, -0.2) is 19.3 Å². The number of hydrogen-bond donors (Lipinski definition) is 1. The van der Waals surface area contributed by atoms with Gasteiger partial charge in [0.15, 0.2) is 17.0 Å². The molecular weight excluding hydrogens is 495 g/mol. The molecule has 0 spiro atoms. The number of fused-ring (bicyclic) bond motifs is 3. The maximum Gasteiger partial charge on any atom is 0.224 e. The van der Waals surface area contributed by atoms with E-state index in [-0.39, 0.29) is 17.6 Å². The van der Waals surface area contributed by atoms with E-state index in [4.69, 9.17) is 4.98 Å². The molecule has 0 saturated carbocycles. The molecule has 1 atom stereocenters. The third-order valence-corrected chi connectivity index (χ3v) is 8.48. The lowest BCUT2D eigenvalue weighted by Gasteiger charge is -2.36. The van der Waals surface area contributed by atoms with Gasteiger partial charge in [-0.15, -0.1) is 0 Å². The number of aryl methyl sites for hydroxylation is 2. The highest BCUT2D eigenvalue weighted by atomic mass is 19.1. The molecule has 208 valence electrons. The van der Waals surface area contributed by atoms with Crippen LogP contribution < -0.4 is 15.1 Å². The highest BCUT2D eigenvalue weighted by Crippen LogP contribution is 2.29. The molecule has 10 heteroatoms. The quantitative estimate of drug-likeness (QED) is 0.466. The predicted octanol–water partition coefficient (Wildman–Crippen LogP) is 3.24. The summed E-state index contributed by atoms with van der Waals surface area (Å²) in [4.78, 5) is 34.2. The van der Waals surface area contributed by atoms with Crippen LogP contribution in [0.15, 0.2) is 30.6 Å². The van der Waals surface area contributed by atoms with Crippen LogP contribution in [0.2, 0.25) is 0 Å². The molecule has 1 aromatic carbocycles. The number of aromatic nitrogens is 4. The topological polar surface area (TPSA) is 82.4 Å². The summed E-state index contributed by atoms with van der Waals surface area (Å²) < 4.78 is 15.5. The van der Waals surface area contributed by atoms with Crippen LogP contribution in [0.4, 0.5) is 15.9 Å². The van der Waals surface area contributed by atoms with Crippen molar-refractivity contribution in [1.29, 1.82) is 0 Å². The summed E-state index contributed by atoms with van der Waals surface area (Å²) in [5.41, 5.74) is 2.90. The lowest BCUT2D eigenvalue weighted by atomic mass is 9.97. The molecule has 3 aromatic rings. The monoisotopic (exact) mass is 534 g/mol. The Kier molecular flexibility index (Phi) is 7.90. The van der Waals surface area contributed by atoms with Crippen LogP contribution in [0.25, 0.3) is 11.2 Å². The largest absolute Gasteiger partial charge is 0.369 e. The highest BCUT2D eigenvalue weighted by Gasteiger charge is 2.29. The summed E-state index contributed by atoms with van der Waals surface area (Å²) in [6.07, 6.45) is 9.02. The van der Waals surface area contributed by atoms with Gasteiger partial charge in [0.05, 0.1) is 5.92 Å². The third-order valence-electron chi connectivity index (χ3n) is 8.48. The fourth-order valence-electron chi connectivity index (χ4n) is 6.28. The Labute approximate surface area is 229 Å². The van der Waals surface area contributed by atoms with E-state index < -0.39 is 0 Å². The fraction of sp³-hybridized carbons (Fsp3) is 0.586. The van der Waals surface area contributed by atoms with Gasteiger partial charge < -0.3 is 19.7 Å². The van der Waals surface area contributed by atoms with Gasteiger partial charge in [-0.3, -0.25) is 9.69 Å². The molecule has 0 unspecified atom stereocenters. The lowest BCUT2D eigenvalue weighted by molar-refractivity contribution is -0.125. The number of nitrogens with one attached hydrogen (secondary N) is 1. The summed E-state index contributed by atoms with van der Waals surface area (Å²) in [7, 11) is 0. The van der Waals surface area contributed by atoms with Gasteiger partial charge in [-0.1, -0.05) is 6.42 Å². The molecule has 3 aliphatic rings. The number of anilines is 2. The van der Waals surface area contributed by atoms with Crippen molar-refractivity contribution in [1.82, 2.24) is 29.7 Å². The molecule has 9 nitrogen and oxygen atoms in total. The maximum absolute atomic E-state index is 13.2. The average Bonchev–Trinajstić information content (AvgIpc) is 3.16.